The number of benzene rings is 2. The monoisotopic (exact) mass is 569 g/mol. The van der Waals surface area contributed by atoms with Crippen LogP contribution in [-0.4, -0.2) is 50.0 Å². The zero-order valence-electron chi connectivity index (χ0n) is 22.1. The molecular weight excluding hydrogens is 533 g/mol. The highest BCUT2D eigenvalue weighted by atomic mass is 35.5. The van der Waals surface area contributed by atoms with Crippen LogP contribution < -0.4 is 9.62 Å². The van der Waals surface area contributed by atoms with E-state index in [0.717, 1.165) is 23.8 Å². The average Bonchev–Trinajstić information content (AvgIpc) is 2.82. The predicted molar refractivity (Wildman–Crippen MR) is 152 cm³/mol. The molecule has 0 aliphatic rings. The van der Waals surface area contributed by atoms with Crippen molar-refractivity contribution in [3.8, 4) is 0 Å². The summed E-state index contributed by atoms with van der Waals surface area (Å²) < 4.78 is 26.3. The Kier molecular flexibility index (Phi) is 11.7. The van der Waals surface area contributed by atoms with E-state index in [-0.39, 0.29) is 37.4 Å². The van der Waals surface area contributed by atoms with Gasteiger partial charge < -0.3 is 10.2 Å². The molecule has 1 atom stereocenters. The van der Waals surface area contributed by atoms with Crippen molar-refractivity contribution in [1.82, 2.24) is 10.2 Å². The molecule has 0 spiro atoms. The number of hydrogen-bond donors (Lipinski definition) is 1. The van der Waals surface area contributed by atoms with Gasteiger partial charge in [0.05, 0.1) is 22.0 Å². The predicted octanol–water partition coefficient (Wildman–Crippen LogP) is 5.43. The number of amides is 2. The van der Waals surface area contributed by atoms with Gasteiger partial charge in [-0.05, 0) is 68.5 Å². The van der Waals surface area contributed by atoms with Gasteiger partial charge in [0.2, 0.25) is 21.8 Å². The molecule has 2 rings (SSSR count). The normalized spacial score (nSPS) is 12.3. The maximum atomic E-state index is 13.5. The minimum absolute atomic E-state index is 0.0752. The van der Waals surface area contributed by atoms with E-state index in [9.17, 15) is 18.0 Å². The van der Waals surface area contributed by atoms with E-state index in [1.807, 2.05) is 39.8 Å². The van der Waals surface area contributed by atoms with Crippen LogP contribution in [-0.2, 0) is 32.6 Å². The quantitative estimate of drug-likeness (QED) is 0.348. The van der Waals surface area contributed by atoms with Crippen molar-refractivity contribution < 1.29 is 18.0 Å². The lowest BCUT2D eigenvalue weighted by molar-refractivity contribution is -0.141. The van der Waals surface area contributed by atoms with Gasteiger partial charge in [0.25, 0.3) is 0 Å². The van der Waals surface area contributed by atoms with Crippen molar-refractivity contribution in [2.24, 2.45) is 0 Å². The summed E-state index contributed by atoms with van der Waals surface area (Å²) in [5, 5.41) is 3.66. The Bertz CT molecular complexity index is 1170. The zero-order chi connectivity index (χ0) is 27.8. The summed E-state index contributed by atoms with van der Waals surface area (Å²) >= 11 is 12.2. The van der Waals surface area contributed by atoms with E-state index in [0.29, 0.717) is 28.6 Å². The lowest BCUT2D eigenvalue weighted by Crippen LogP contribution is -2.50. The van der Waals surface area contributed by atoms with Crippen LogP contribution in [0.2, 0.25) is 10.0 Å². The van der Waals surface area contributed by atoms with Crippen LogP contribution in [0.15, 0.2) is 42.5 Å². The van der Waals surface area contributed by atoms with Crippen molar-refractivity contribution >= 4 is 50.7 Å². The summed E-state index contributed by atoms with van der Waals surface area (Å²) in [5.74, 6) is -0.480. The summed E-state index contributed by atoms with van der Waals surface area (Å²) in [6.07, 6.45) is 2.80. The molecule has 7 nitrogen and oxygen atoms in total. The summed E-state index contributed by atoms with van der Waals surface area (Å²) in [5.41, 5.74) is 2.41. The van der Waals surface area contributed by atoms with Crippen molar-refractivity contribution in [1.29, 1.82) is 0 Å². The first-order valence-electron chi connectivity index (χ1n) is 12.5. The van der Waals surface area contributed by atoms with Gasteiger partial charge in [-0.25, -0.2) is 8.42 Å². The first-order valence-corrected chi connectivity index (χ1v) is 15.1. The fourth-order valence-electron chi connectivity index (χ4n) is 4.04. The van der Waals surface area contributed by atoms with Crippen LogP contribution in [0.1, 0.15) is 58.1 Å². The molecule has 2 aromatic carbocycles. The van der Waals surface area contributed by atoms with E-state index < -0.39 is 16.1 Å². The third-order valence-corrected chi connectivity index (χ3v) is 7.87. The molecule has 0 bridgehead atoms. The Morgan fingerprint density at radius 3 is 2.11 bits per heavy atom. The van der Waals surface area contributed by atoms with E-state index >= 15 is 0 Å². The second-order valence-electron chi connectivity index (χ2n) is 9.32. The van der Waals surface area contributed by atoms with E-state index in [4.69, 9.17) is 23.2 Å². The Hall–Kier alpha value is -2.29. The minimum atomic E-state index is -3.54. The summed E-state index contributed by atoms with van der Waals surface area (Å²) in [6, 6.07) is 11.7. The van der Waals surface area contributed by atoms with Crippen LogP contribution in [0.3, 0.4) is 0 Å². The van der Waals surface area contributed by atoms with Gasteiger partial charge in [-0.1, -0.05) is 55.2 Å². The molecule has 0 unspecified atom stereocenters. The van der Waals surface area contributed by atoms with Crippen molar-refractivity contribution in [2.75, 3.05) is 17.1 Å². The maximum Gasteiger partial charge on any atom is 0.243 e. The van der Waals surface area contributed by atoms with Crippen LogP contribution in [0.25, 0.3) is 0 Å². The van der Waals surface area contributed by atoms with Crippen LogP contribution in [0.5, 0.6) is 0 Å². The standard InChI is InChI=1S/C27H37Cl2N3O4S/c1-6-20-10-13-22(14-11-20)32(37(5,35)36)16-8-9-26(33)31(25(7-2)27(34)30-19(3)4)18-21-12-15-23(28)24(29)17-21/h10-15,17,19,25H,6-9,16,18H2,1-5H3,(H,30,34)/t25-/m0/s1. The number of nitrogens with zero attached hydrogens (tertiary/aromatic N) is 2. The molecule has 2 aromatic rings. The molecule has 10 heteroatoms. The number of rotatable bonds is 13. The van der Waals surface area contributed by atoms with Crippen molar-refractivity contribution in [2.45, 2.75) is 72.0 Å². The number of aryl methyl sites for hydroxylation is 1. The van der Waals surface area contributed by atoms with Crippen molar-refractivity contribution in [3.05, 3.63) is 63.6 Å². The van der Waals surface area contributed by atoms with Gasteiger partial charge in [-0.15, -0.1) is 0 Å². The number of carbonyl (C=O) groups excluding carboxylic acids is 2. The third kappa shape index (κ3) is 9.20. The summed E-state index contributed by atoms with van der Waals surface area (Å²) in [4.78, 5) is 28.0. The van der Waals surface area contributed by atoms with Gasteiger partial charge in [0.15, 0.2) is 0 Å². The molecule has 0 aliphatic heterocycles. The smallest absolute Gasteiger partial charge is 0.243 e. The molecule has 204 valence electrons. The average molecular weight is 571 g/mol. The Morgan fingerprint density at radius 2 is 1.59 bits per heavy atom. The molecular formula is C27H37Cl2N3O4S. The van der Waals surface area contributed by atoms with Crippen LogP contribution in [0.4, 0.5) is 5.69 Å². The SMILES string of the molecule is CCc1ccc(N(CCCC(=O)N(Cc2ccc(Cl)c(Cl)c2)[C@@H](CC)C(=O)NC(C)C)S(C)(=O)=O)cc1. The number of sulfonamides is 1. The number of halogens is 2. The second-order valence-corrected chi connectivity index (χ2v) is 12.0. The van der Waals surface area contributed by atoms with E-state index in [1.165, 1.54) is 9.21 Å². The Balaban J connectivity index is 2.23. The summed E-state index contributed by atoms with van der Waals surface area (Å²) in [7, 11) is -3.54. The topological polar surface area (TPSA) is 86.8 Å². The Labute approximate surface area is 231 Å². The number of carbonyl (C=O) groups is 2. The molecule has 0 saturated heterocycles. The fraction of sp³-hybridized carbons (Fsp3) is 0.481. The molecule has 37 heavy (non-hydrogen) atoms. The second kappa shape index (κ2) is 14.0. The number of nitrogens with one attached hydrogen (secondary N) is 1. The molecule has 0 fully saturated rings. The Morgan fingerprint density at radius 1 is 0.973 bits per heavy atom. The maximum absolute atomic E-state index is 13.5. The van der Waals surface area contributed by atoms with Gasteiger partial charge >= 0.3 is 0 Å². The zero-order valence-corrected chi connectivity index (χ0v) is 24.5. The van der Waals surface area contributed by atoms with Gasteiger partial charge in [-0.3, -0.25) is 13.9 Å². The minimum Gasteiger partial charge on any atom is -0.352 e. The van der Waals surface area contributed by atoms with Crippen molar-refractivity contribution in [3.63, 3.8) is 0 Å². The van der Waals surface area contributed by atoms with E-state index in [2.05, 4.69) is 5.32 Å². The molecule has 2 amide bonds. The molecule has 0 aromatic heterocycles. The van der Waals surface area contributed by atoms with Gasteiger partial charge in [-0.2, -0.15) is 0 Å². The summed E-state index contributed by atoms with van der Waals surface area (Å²) in [6.45, 7) is 7.93. The number of hydrogen-bond acceptors (Lipinski definition) is 4. The lowest BCUT2D eigenvalue weighted by Gasteiger charge is -2.31. The molecule has 0 saturated carbocycles. The molecule has 0 aliphatic carbocycles. The molecule has 1 N–H and O–H groups in total. The fourth-order valence-corrected chi connectivity index (χ4v) is 5.32. The van der Waals surface area contributed by atoms with Gasteiger partial charge in [0.1, 0.15) is 6.04 Å². The first-order chi connectivity index (χ1) is 17.4. The molecule has 0 radical (unpaired) electrons. The number of anilines is 1. The highest BCUT2D eigenvalue weighted by Crippen LogP contribution is 2.25. The third-order valence-electron chi connectivity index (χ3n) is 5.94. The van der Waals surface area contributed by atoms with Crippen LogP contribution >= 0.6 is 23.2 Å². The highest BCUT2D eigenvalue weighted by Gasteiger charge is 2.29. The van der Waals surface area contributed by atoms with E-state index in [1.54, 1.807) is 30.3 Å². The largest absolute Gasteiger partial charge is 0.352 e. The van der Waals surface area contributed by atoms with Crippen LogP contribution in [0, 0.1) is 0 Å². The first kappa shape index (κ1) is 30.9. The lowest BCUT2D eigenvalue weighted by atomic mass is 10.1. The molecule has 0 heterocycles. The van der Waals surface area contributed by atoms with Gasteiger partial charge in [0, 0.05) is 25.6 Å². The highest BCUT2D eigenvalue weighted by molar-refractivity contribution is 7.92.